The molecule has 0 aliphatic carbocycles. The van der Waals surface area contributed by atoms with Crippen LogP contribution in [0.1, 0.15) is 150 Å². The number of aliphatic carboxylic acids is 3. The third-order valence-corrected chi connectivity index (χ3v) is 8.41. The summed E-state index contributed by atoms with van der Waals surface area (Å²) in [4.78, 5) is 36.8. The molecule has 0 aromatic carbocycles. The third kappa shape index (κ3) is 13.8. The van der Waals surface area contributed by atoms with Crippen LogP contribution in [-0.4, -0.2) is 62.4 Å². The Kier molecular flexibility index (Phi) is 21.8. The summed E-state index contributed by atoms with van der Waals surface area (Å²) >= 11 is 0. The van der Waals surface area contributed by atoms with Gasteiger partial charge in [0.15, 0.2) is 18.1 Å². The van der Waals surface area contributed by atoms with Crippen molar-refractivity contribution in [1.82, 2.24) is 0 Å². The molecule has 0 spiro atoms. The molecule has 0 aromatic heterocycles. The molecule has 0 aliphatic heterocycles. The predicted octanol–water partition coefficient (Wildman–Crippen LogP) is 8.21. The summed E-state index contributed by atoms with van der Waals surface area (Å²) in [5.74, 6) is -3.34. The molecule has 7 heteroatoms. The molecule has 0 saturated heterocycles. The maximum Gasteiger partial charge on any atom is 0.362 e. The van der Waals surface area contributed by atoms with Crippen molar-refractivity contribution in [2.75, 3.05) is 6.54 Å². The molecule has 0 bridgehead atoms. The van der Waals surface area contributed by atoms with Gasteiger partial charge in [-0.25, -0.2) is 14.4 Å². The van der Waals surface area contributed by atoms with E-state index in [-0.39, 0.29) is 25.8 Å². The van der Waals surface area contributed by atoms with E-state index in [1.54, 1.807) is 20.8 Å². The molecule has 7 nitrogen and oxygen atoms in total. The van der Waals surface area contributed by atoms with Gasteiger partial charge in [0.25, 0.3) is 0 Å². The van der Waals surface area contributed by atoms with Gasteiger partial charge < -0.3 is 15.3 Å². The molecule has 228 valence electrons. The fourth-order valence-corrected chi connectivity index (χ4v) is 6.39. The van der Waals surface area contributed by atoms with Gasteiger partial charge in [-0.15, -0.1) is 0 Å². The molecular formula is C32H60NO6+. The number of allylic oxidation sites excluding steroid dienone is 2. The van der Waals surface area contributed by atoms with Crippen LogP contribution in [0, 0.1) is 0 Å². The average molecular weight is 555 g/mol. The molecule has 0 saturated carbocycles. The van der Waals surface area contributed by atoms with E-state index in [0.29, 0.717) is 6.42 Å². The second kappa shape index (κ2) is 22.9. The van der Waals surface area contributed by atoms with E-state index in [9.17, 15) is 29.7 Å². The van der Waals surface area contributed by atoms with E-state index >= 15 is 0 Å². The summed E-state index contributed by atoms with van der Waals surface area (Å²) in [5.41, 5.74) is 0. The zero-order chi connectivity index (χ0) is 29.5. The smallest absolute Gasteiger partial charge is 0.362 e. The van der Waals surface area contributed by atoms with Gasteiger partial charge in [0, 0.05) is 19.3 Å². The number of quaternary nitrogens is 1. The minimum atomic E-state index is -1.11. The number of hydrogen-bond donors (Lipinski definition) is 3. The van der Waals surface area contributed by atoms with E-state index in [1.807, 2.05) is 0 Å². The normalized spacial score (nSPS) is 15.6. The van der Waals surface area contributed by atoms with Crippen LogP contribution in [0.15, 0.2) is 12.2 Å². The van der Waals surface area contributed by atoms with E-state index < -0.39 is 40.5 Å². The van der Waals surface area contributed by atoms with Crippen molar-refractivity contribution in [3.05, 3.63) is 12.2 Å². The first-order chi connectivity index (χ1) is 18.7. The fraction of sp³-hybridized carbons (Fsp3) is 0.844. The van der Waals surface area contributed by atoms with Gasteiger partial charge >= 0.3 is 17.9 Å². The largest absolute Gasteiger partial charge is 0.477 e. The van der Waals surface area contributed by atoms with Crippen molar-refractivity contribution in [2.24, 2.45) is 0 Å². The number of carbonyl (C=O) groups is 3. The van der Waals surface area contributed by atoms with Crippen LogP contribution < -0.4 is 0 Å². The molecule has 0 heterocycles. The van der Waals surface area contributed by atoms with Gasteiger partial charge in [-0.1, -0.05) is 110 Å². The SMILES string of the molecule is C/C=C/CCCCCCCCCCCCCCCCC[N+](C(CC)C(=O)O)(C(CC)C(=O)O)C(CC)C(=O)O. The van der Waals surface area contributed by atoms with E-state index in [4.69, 9.17) is 0 Å². The highest BCUT2D eigenvalue weighted by Crippen LogP contribution is 2.32. The number of carboxylic acids is 3. The summed E-state index contributed by atoms with van der Waals surface area (Å²) in [7, 11) is 0. The van der Waals surface area contributed by atoms with E-state index in [1.165, 1.54) is 77.0 Å². The van der Waals surface area contributed by atoms with Crippen LogP contribution in [0.4, 0.5) is 0 Å². The zero-order valence-corrected chi connectivity index (χ0v) is 25.5. The standard InChI is InChI=1S/C32H59NO6/c1-5-9-10-11-12-13-14-15-16-17-18-19-20-21-22-23-24-25-26-33(27(6-2)30(34)35,28(7-3)31(36)37)29(8-4)32(38)39/h5,9,27-29H,6-8,10-26H2,1-4H3,(H2-,34,35,36,37,38,39)/p+1/b9-5+. The van der Waals surface area contributed by atoms with Gasteiger partial charge in [-0.2, -0.15) is 0 Å². The Bertz CT molecular complexity index is 637. The molecule has 0 rings (SSSR count). The first-order valence-electron chi connectivity index (χ1n) is 15.9. The molecule has 39 heavy (non-hydrogen) atoms. The maximum absolute atomic E-state index is 12.3. The number of nitrogens with zero attached hydrogens (tertiary/aromatic N) is 1. The lowest BCUT2D eigenvalue weighted by molar-refractivity contribution is -0.973. The van der Waals surface area contributed by atoms with Crippen molar-refractivity contribution in [1.29, 1.82) is 0 Å². The predicted molar refractivity (Wildman–Crippen MR) is 159 cm³/mol. The molecule has 3 unspecified atom stereocenters. The highest BCUT2D eigenvalue weighted by atomic mass is 16.4. The number of hydrogen-bond acceptors (Lipinski definition) is 3. The van der Waals surface area contributed by atoms with Crippen molar-refractivity contribution in [2.45, 2.75) is 168 Å². The molecule has 0 aliphatic rings. The van der Waals surface area contributed by atoms with Gasteiger partial charge in [-0.3, -0.25) is 4.48 Å². The second-order valence-corrected chi connectivity index (χ2v) is 11.2. The minimum absolute atomic E-state index is 0.194. The Balaban J connectivity index is 4.54. The summed E-state index contributed by atoms with van der Waals surface area (Å²) in [6.07, 6.45) is 24.2. The Morgan fingerprint density at radius 1 is 0.538 bits per heavy atom. The highest BCUT2D eigenvalue weighted by Gasteiger charge is 2.55. The summed E-state index contributed by atoms with van der Waals surface area (Å²) < 4.78 is -0.403. The van der Waals surface area contributed by atoms with Crippen LogP contribution in [0.5, 0.6) is 0 Å². The second-order valence-electron chi connectivity index (χ2n) is 11.2. The molecule has 0 fully saturated rings. The average Bonchev–Trinajstić information content (AvgIpc) is 2.88. The number of unbranched alkanes of at least 4 members (excludes halogenated alkanes) is 15. The van der Waals surface area contributed by atoms with Crippen LogP contribution in [0.3, 0.4) is 0 Å². The lowest BCUT2D eigenvalue weighted by Gasteiger charge is -2.49. The van der Waals surface area contributed by atoms with Crippen LogP contribution in [0.2, 0.25) is 0 Å². The Morgan fingerprint density at radius 2 is 0.821 bits per heavy atom. The molecule has 0 aromatic rings. The lowest BCUT2D eigenvalue weighted by Crippen LogP contribution is -2.72. The lowest BCUT2D eigenvalue weighted by atomic mass is 9.93. The van der Waals surface area contributed by atoms with Crippen molar-refractivity contribution in [3.63, 3.8) is 0 Å². The van der Waals surface area contributed by atoms with Gasteiger partial charge in [0.2, 0.25) is 0 Å². The fourth-order valence-electron chi connectivity index (χ4n) is 6.39. The highest BCUT2D eigenvalue weighted by molar-refractivity contribution is 5.78. The van der Waals surface area contributed by atoms with Crippen molar-refractivity contribution >= 4 is 17.9 Å². The molecule has 3 atom stereocenters. The van der Waals surface area contributed by atoms with Crippen LogP contribution >= 0.6 is 0 Å². The molecule has 3 N–H and O–H groups in total. The maximum atomic E-state index is 12.3. The van der Waals surface area contributed by atoms with Crippen molar-refractivity contribution < 1.29 is 34.2 Å². The third-order valence-electron chi connectivity index (χ3n) is 8.41. The van der Waals surface area contributed by atoms with Gasteiger partial charge in [0.1, 0.15) is 0 Å². The Labute approximate surface area is 238 Å². The number of rotatable bonds is 27. The Hall–Kier alpha value is -1.89. The quantitative estimate of drug-likeness (QED) is 0.0536. The molecule has 0 amide bonds. The first-order valence-corrected chi connectivity index (χ1v) is 15.9. The van der Waals surface area contributed by atoms with Crippen LogP contribution in [0.25, 0.3) is 0 Å². The number of carboxylic acid groups (broad SMARTS) is 3. The summed E-state index contributed by atoms with van der Waals surface area (Å²) in [6.45, 7) is 7.47. The molecule has 0 radical (unpaired) electrons. The van der Waals surface area contributed by atoms with E-state index in [0.717, 1.165) is 19.3 Å². The zero-order valence-electron chi connectivity index (χ0n) is 25.5. The van der Waals surface area contributed by atoms with Crippen LogP contribution in [-0.2, 0) is 14.4 Å². The summed E-state index contributed by atoms with van der Waals surface area (Å²) in [6, 6.07) is -3.18. The first kappa shape index (κ1) is 37.1. The van der Waals surface area contributed by atoms with E-state index in [2.05, 4.69) is 19.1 Å². The minimum Gasteiger partial charge on any atom is -0.477 e. The van der Waals surface area contributed by atoms with Crippen molar-refractivity contribution in [3.8, 4) is 0 Å². The Morgan fingerprint density at radius 3 is 1.08 bits per heavy atom. The van der Waals surface area contributed by atoms with Gasteiger partial charge in [-0.05, 0) is 32.6 Å². The van der Waals surface area contributed by atoms with Gasteiger partial charge in [0.05, 0.1) is 6.54 Å². The topological polar surface area (TPSA) is 112 Å². The molecular weight excluding hydrogens is 494 g/mol. The monoisotopic (exact) mass is 554 g/mol. The summed E-state index contributed by atoms with van der Waals surface area (Å²) in [5, 5.41) is 30.0.